The molecule has 9 heteroatoms. The van der Waals surface area contributed by atoms with E-state index in [1.165, 1.54) is 18.2 Å². The fourth-order valence-electron chi connectivity index (χ4n) is 4.88. The molecule has 2 aliphatic rings. The normalized spacial score (nSPS) is 18.0. The lowest BCUT2D eigenvalue weighted by Crippen LogP contribution is -2.46. The molecule has 2 amide bonds. The Morgan fingerprint density at radius 1 is 1.00 bits per heavy atom. The van der Waals surface area contributed by atoms with Crippen molar-refractivity contribution in [2.45, 2.75) is 55.6 Å². The van der Waals surface area contributed by atoms with Crippen LogP contribution in [0.25, 0.3) is 0 Å². The summed E-state index contributed by atoms with van der Waals surface area (Å²) in [7, 11) is 0. The van der Waals surface area contributed by atoms with Crippen molar-refractivity contribution in [1.29, 1.82) is 0 Å². The maximum Gasteiger partial charge on any atom is 0.247 e. The van der Waals surface area contributed by atoms with Crippen molar-refractivity contribution in [1.82, 2.24) is 10.2 Å². The summed E-state index contributed by atoms with van der Waals surface area (Å²) in [6.07, 6.45) is 6.93. The first-order valence-corrected chi connectivity index (χ1v) is 14.0. The van der Waals surface area contributed by atoms with Crippen LogP contribution in [0.3, 0.4) is 0 Å². The number of fused-ring (bicyclic) bond motifs is 1. The number of amides is 2. The second-order valence-corrected chi connectivity index (χ2v) is 10.8. The molecule has 0 bridgehead atoms. The number of hydrogen-bond donors (Lipinski definition) is 3. The lowest BCUT2D eigenvalue weighted by molar-refractivity contribution is -0.140. The van der Waals surface area contributed by atoms with Gasteiger partial charge in [0.25, 0.3) is 0 Å². The standard InChI is InChI=1S/C28H30N4O3S2/c33-25-18-37-24-14-13-21(31-28(36)30-20-10-5-2-6-11-20)16-23(24)26(32(25)17-22-12-7-15-35-22)27(34)29-19-8-3-1-4-9-19/h2,5-7,10-16,19,26H,1,3-4,8-9,17-18H2,(H,29,34)(H2,30,31,36). The zero-order chi connectivity index (χ0) is 25.6. The summed E-state index contributed by atoms with van der Waals surface area (Å²) in [4.78, 5) is 29.7. The van der Waals surface area contributed by atoms with Crippen LogP contribution in [0.5, 0.6) is 0 Å². The highest BCUT2D eigenvalue weighted by Crippen LogP contribution is 2.38. The van der Waals surface area contributed by atoms with Crippen molar-refractivity contribution in [2.24, 2.45) is 0 Å². The number of thiocarbonyl (C=S) groups is 1. The SMILES string of the molecule is O=C(NC1CCCCC1)C1c2cc(NC(=S)Nc3ccccc3)ccc2SCC(=O)N1Cc1ccco1. The molecule has 1 aromatic heterocycles. The van der Waals surface area contributed by atoms with Crippen LogP contribution >= 0.6 is 24.0 Å². The predicted octanol–water partition coefficient (Wildman–Crippen LogP) is 5.71. The zero-order valence-electron chi connectivity index (χ0n) is 20.4. The summed E-state index contributed by atoms with van der Waals surface area (Å²) in [5, 5.41) is 10.1. The molecule has 1 aliphatic carbocycles. The van der Waals surface area contributed by atoms with E-state index < -0.39 is 6.04 Å². The summed E-state index contributed by atoms with van der Waals surface area (Å²) in [5.74, 6) is 0.636. The van der Waals surface area contributed by atoms with E-state index in [9.17, 15) is 9.59 Å². The third-order valence-electron chi connectivity index (χ3n) is 6.68. The van der Waals surface area contributed by atoms with Gasteiger partial charge >= 0.3 is 0 Å². The first kappa shape index (κ1) is 25.4. The average molecular weight is 535 g/mol. The van der Waals surface area contributed by atoms with E-state index in [1.54, 1.807) is 17.2 Å². The first-order valence-electron chi connectivity index (χ1n) is 12.6. The first-order chi connectivity index (χ1) is 18.1. The molecule has 1 fully saturated rings. The number of nitrogens with one attached hydrogen (secondary N) is 3. The summed E-state index contributed by atoms with van der Waals surface area (Å²) in [5.41, 5.74) is 2.41. The Morgan fingerprint density at radius 2 is 1.78 bits per heavy atom. The molecule has 0 radical (unpaired) electrons. The van der Waals surface area contributed by atoms with Crippen molar-refractivity contribution in [3.05, 3.63) is 78.3 Å². The van der Waals surface area contributed by atoms with Crippen molar-refractivity contribution in [3.8, 4) is 0 Å². The van der Waals surface area contributed by atoms with Gasteiger partial charge in [-0.25, -0.2) is 0 Å². The van der Waals surface area contributed by atoms with Gasteiger partial charge in [-0.15, -0.1) is 11.8 Å². The molecule has 5 rings (SSSR count). The van der Waals surface area contributed by atoms with Gasteiger partial charge in [0.2, 0.25) is 11.8 Å². The lowest BCUT2D eigenvalue weighted by atomic mass is 9.94. The monoisotopic (exact) mass is 534 g/mol. The molecule has 192 valence electrons. The van der Waals surface area contributed by atoms with Crippen LogP contribution in [-0.4, -0.2) is 33.6 Å². The van der Waals surface area contributed by atoms with Gasteiger partial charge in [-0.2, -0.15) is 0 Å². The minimum absolute atomic E-state index is 0.0998. The zero-order valence-corrected chi connectivity index (χ0v) is 22.1. The number of para-hydroxylation sites is 1. The van der Waals surface area contributed by atoms with Crippen LogP contribution < -0.4 is 16.0 Å². The Morgan fingerprint density at radius 3 is 2.54 bits per heavy atom. The van der Waals surface area contributed by atoms with Gasteiger partial charge in [-0.3, -0.25) is 9.59 Å². The summed E-state index contributed by atoms with van der Waals surface area (Å²) >= 11 is 6.98. The molecule has 1 saturated carbocycles. The van der Waals surface area contributed by atoms with Gasteiger partial charge in [-0.1, -0.05) is 37.5 Å². The third-order valence-corrected chi connectivity index (χ3v) is 7.96. The molecule has 2 heterocycles. The lowest BCUT2D eigenvalue weighted by Gasteiger charge is -2.32. The largest absolute Gasteiger partial charge is 0.467 e. The second kappa shape index (κ2) is 11.8. The van der Waals surface area contributed by atoms with Crippen molar-refractivity contribution in [2.75, 3.05) is 16.4 Å². The summed E-state index contributed by atoms with van der Waals surface area (Å²) in [6.45, 7) is 0.222. The highest BCUT2D eigenvalue weighted by atomic mass is 32.2. The van der Waals surface area contributed by atoms with E-state index in [0.29, 0.717) is 10.9 Å². The Hall–Kier alpha value is -3.30. The Bertz CT molecular complexity index is 1240. The molecule has 1 atom stereocenters. The highest BCUT2D eigenvalue weighted by Gasteiger charge is 2.37. The molecule has 3 aromatic rings. The summed E-state index contributed by atoms with van der Waals surface area (Å²) < 4.78 is 5.55. The number of anilines is 2. The third kappa shape index (κ3) is 6.34. The maximum absolute atomic E-state index is 13.8. The van der Waals surface area contributed by atoms with Crippen LogP contribution in [0.15, 0.2) is 76.2 Å². The van der Waals surface area contributed by atoms with Gasteiger partial charge in [-0.05, 0) is 73.1 Å². The van der Waals surface area contributed by atoms with Crippen LogP contribution in [0, 0.1) is 0 Å². The van der Waals surface area contributed by atoms with Crippen LogP contribution in [0.2, 0.25) is 0 Å². The Labute approximate surface area is 226 Å². The molecule has 2 aromatic carbocycles. The smallest absolute Gasteiger partial charge is 0.247 e. The number of rotatable bonds is 6. The number of carbonyl (C=O) groups is 2. The molecular formula is C28H30N4O3S2. The molecule has 0 spiro atoms. The number of nitrogens with zero attached hydrogens (tertiary/aromatic N) is 1. The van der Waals surface area contributed by atoms with Crippen molar-refractivity contribution in [3.63, 3.8) is 0 Å². The van der Waals surface area contributed by atoms with Gasteiger partial charge < -0.3 is 25.3 Å². The fourth-order valence-corrected chi connectivity index (χ4v) is 6.06. The minimum atomic E-state index is -0.776. The van der Waals surface area contributed by atoms with Gasteiger partial charge in [0, 0.05) is 22.3 Å². The number of hydrogen-bond acceptors (Lipinski definition) is 5. The molecule has 0 saturated heterocycles. The maximum atomic E-state index is 13.8. The molecular weight excluding hydrogens is 504 g/mol. The second-order valence-electron chi connectivity index (χ2n) is 9.33. The van der Waals surface area contributed by atoms with E-state index >= 15 is 0 Å². The molecule has 3 N–H and O–H groups in total. The molecule has 37 heavy (non-hydrogen) atoms. The van der Waals surface area contributed by atoms with E-state index in [1.807, 2.05) is 54.6 Å². The van der Waals surface area contributed by atoms with Gasteiger partial charge in [0.1, 0.15) is 11.8 Å². The number of furan rings is 1. The predicted molar refractivity (Wildman–Crippen MR) is 150 cm³/mol. The van der Waals surface area contributed by atoms with Crippen LogP contribution in [-0.2, 0) is 16.1 Å². The number of carbonyl (C=O) groups excluding carboxylic acids is 2. The topological polar surface area (TPSA) is 86.6 Å². The quantitative estimate of drug-likeness (QED) is 0.349. The van der Waals surface area contributed by atoms with E-state index in [4.69, 9.17) is 16.6 Å². The Balaban J connectivity index is 1.44. The number of thioether (sulfide) groups is 1. The summed E-state index contributed by atoms with van der Waals surface area (Å²) in [6, 6.07) is 18.5. The fraction of sp³-hybridized carbons (Fsp3) is 0.321. The van der Waals surface area contributed by atoms with E-state index in [0.717, 1.165) is 47.5 Å². The van der Waals surface area contributed by atoms with E-state index in [2.05, 4.69) is 16.0 Å². The van der Waals surface area contributed by atoms with E-state index in [-0.39, 0.29) is 30.2 Å². The average Bonchev–Trinajstić information content (AvgIpc) is 3.37. The Kier molecular flexibility index (Phi) is 8.11. The molecule has 7 nitrogen and oxygen atoms in total. The van der Waals surface area contributed by atoms with Crippen LogP contribution in [0.1, 0.15) is 49.5 Å². The molecule has 1 unspecified atom stereocenters. The van der Waals surface area contributed by atoms with Crippen molar-refractivity contribution < 1.29 is 14.0 Å². The molecule has 1 aliphatic heterocycles. The highest BCUT2D eigenvalue weighted by molar-refractivity contribution is 8.00. The van der Waals surface area contributed by atoms with Gasteiger partial charge in [0.15, 0.2) is 5.11 Å². The van der Waals surface area contributed by atoms with Gasteiger partial charge in [0.05, 0.1) is 18.6 Å². The van der Waals surface area contributed by atoms with Crippen LogP contribution in [0.4, 0.5) is 11.4 Å². The minimum Gasteiger partial charge on any atom is -0.467 e. The number of benzene rings is 2. The van der Waals surface area contributed by atoms with Crippen molar-refractivity contribution >= 4 is 52.3 Å².